The summed E-state index contributed by atoms with van der Waals surface area (Å²) in [6, 6.07) is 15.2. The first-order valence-electron chi connectivity index (χ1n) is 6.96. The quantitative estimate of drug-likeness (QED) is 0.854. The zero-order valence-corrected chi connectivity index (χ0v) is 12.1. The lowest BCUT2D eigenvalue weighted by Gasteiger charge is -2.06. The van der Waals surface area contributed by atoms with E-state index < -0.39 is 6.10 Å². The molecule has 2 rings (SSSR count). The minimum Gasteiger partial charge on any atom is -0.504 e. The molecule has 110 valence electrons. The Morgan fingerprint density at radius 3 is 2.62 bits per heavy atom. The fourth-order valence-corrected chi connectivity index (χ4v) is 2.08. The molecule has 0 aliphatic heterocycles. The van der Waals surface area contributed by atoms with Crippen molar-refractivity contribution >= 4 is 6.08 Å². The highest BCUT2D eigenvalue weighted by molar-refractivity contribution is 5.55. The van der Waals surface area contributed by atoms with Crippen molar-refractivity contribution in [1.29, 1.82) is 0 Å². The van der Waals surface area contributed by atoms with Crippen LogP contribution in [0.5, 0.6) is 11.5 Å². The summed E-state index contributed by atoms with van der Waals surface area (Å²) in [6.07, 6.45) is 4.61. The lowest BCUT2D eigenvalue weighted by atomic mass is 10.1. The van der Waals surface area contributed by atoms with E-state index in [2.05, 4.69) is 12.1 Å². The van der Waals surface area contributed by atoms with Gasteiger partial charge in [-0.1, -0.05) is 48.6 Å². The molecule has 0 bridgehead atoms. The molecule has 0 saturated heterocycles. The average molecular weight is 284 g/mol. The van der Waals surface area contributed by atoms with Gasteiger partial charge in [0.25, 0.3) is 0 Å². The van der Waals surface area contributed by atoms with Gasteiger partial charge in [0.15, 0.2) is 11.5 Å². The predicted molar refractivity (Wildman–Crippen MR) is 84.5 cm³/mol. The standard InChI is InChI=1S/C18H20O3/c1-21-18-13-15(9-12-17(18)20)8-11-16(19)10-7-14-5-3-2-4-6-14/h2-6,8-9,11-13,16,19-20H,7,10H2,1H3. The number of hydrogen-bond donors (Lipinski definition) is 2. The van der Waals surface area contributed by atoms with Crippen molar-refractivity contribution in [3.8, 4) is 11.5 Å². The Morgan fingerprint density at radius 2 is 1.90 bits per heavy atom. The van der Waals surface area contributed by atoms with Crippen LogP contribution in [0, 0.1) is 0 Å². The maximum Gasteiger partial charge on any atom is 0.161 e. The Morgan fingerprint density at radius 1 is 1.14 bits per heavy atom. The van der Waals surface area contributed by atoms with E-state index in [9.17, 15) is 10.2 Å². The molecule has 21 heavy (non-hydrogen) atoms. The smallest absolute Gasteiger partial charge is 0.161 e. The van der Waals surface area contributed by atoms with Crippen molar-refractivity contribution in [1.82, 2.24) is 0 Å². The highest BCUT2D eigenvalue weighted by Gasteiger charge is 2.03. The normalized spacial score (nSPS) is 12.5. The minimum absolute atomic E-state index is 0.110. The van der Waals surface area contributed by atoms with Crippen LogP contribution >= 0.6 is 0 Å². The second-order valence-corrected chi connectivity index (χ2v) is 4.88. The number of rotatable bonds is 6. The van der Waals surface area contributed by atoms with E-state index in [1.165, 1.54) is 12.7 Å². The molecule has 1 atom stereocenters. The molecule has 0 aromatic heterocycles. The van der Waals surface area contributed by atoms with E-state index >= 15 is 0 Å². The molecule has 2 aromatic carbocycles. The summed E-state index contributed by atoms with van der Waals surface area (Å²) in [6.45, 7) is 0. The topological polar surface area (TPSA) is 49.7 Å². The molecule has 2 N–H and O–H groups in total. The zero-order chi connectivity index (χ0) is 15.1. The SMILES string of the molecule is COc1cc(C=CC(O)CCc2ccccc2)ccc1O. The first kappa shape index (κ1) is 15.1. The second kappa shape index (κ2) is 7.50. The van der Waals surface area contributed by atoms with E-state index in [1.807, 2.05) is 24.3 Å². The van der Waals surface area contributed by atoms with Gasteiger partial charge in [-0.2, -0.15) is 0 Å². The molecule has 0 aliphatic carbocycles. The second-order valence-electron chi connectivity index (χ2n) is 4.88. The van der Waals surface area contributed by atoms with Crippen molar-refractivity contribution in [2.45, 2.75) is 18.9 Å². The van der Waals surface area contributed by atoms with Crippen LogP contribution in [0.4, 0.5) is 0 Å². The Bertz CT molecular complexity index is 591. The molecule has 3 heteroatoms. The van der Waals surface area contributed by atoms with Gasteiger partial charge >= 0.3 is 0 Å². The third-order valence-electron chi connectivity index (χ3n) is 3.29. The molecule has 2 aromatic rings. The van der Waals surface area contributed by atoms with Gasteiger partial charge < -0.3 is 14.9 Å². The van der Waals surface area contributed by atoms with Crippen LogP contribution in [0.15, 0.2) is 54.6 Å². The molecule has 0 aliphatic rings. The van der Waals surface area contributed by atoms with Crippen molar-refractivity contribution in [3.63, 3.8) is 0 Å². The summed E-state index contributed by atoms with van der Waals surface area (Å²) < 4.78 is 5.05. The average Bonchev–Trinajstić information content (AvgIpc) is 2.53. The predicted octanol–water partition coefficient (Wildman–Crippen LogP) is 3.41. The minimum atomic E-state index is -0.495. The zero-order valence-electron chi connectivity index (χ0n) is 12.1. The fraction of sp³-hybridized carbons (Fsp3) is 0.222. The maximum absolute atomic E-state index is 9.99. The number of aliphatic hydroxyl groups excluding tert-OH is 1. The number of aliphatic hydroxyl groups is 1. The number of phenols is 1. The van der Waals surface area contributed by atoms with Gasteiger partial charge in [-0.3, -0.25) is 0 Å². The molecule has 0 radical (unpaired) electrons. The third-order valence-corrected chi connectivity index (χ3v) is 3.29. The van der Waals surface area contributed by atoms with Crippen LogP contribution in [-0.2, 0) is 6.42 Å². The number of ether oxygens (including phenoxy) is 1. The number of hydrogen-bond acceptors (Lipinski definition) is 3. The van der Waals surface area contributed by atoms with Crippen LogP contribution in [0.25, 0.3) is 6.08 Å². The molecule has 0 saturated carbocycles. The molecule has 0 spiro atoms. The number of aryl methyl sites for hydroxylation is 1. The molecule has 0 amide bonds. The molecule has 0 heterocycles. The highest BCUT2D eigenvalue weighted by atomic mass is 16.5. The summed E-state index contributed by atoms with van der Waals surface area (Å²) >= 11 is 0. The molecule has 0 fully saturated rings. The summed E-state index contributed by atoms with van der Waals surface area (Å²) in [4.78, 5) is 0. The Labute approximate surface area is 125 Å². The van der Waals surface area contributed by atoms with E-state index in [4.69, 9.17) is 4.74 Å². The van der Waals surface area contributed by atoms with Gasteiger partial charge in [0.05, 0.1) is 13.2 Å². The number of phenolic OH excluding ortho intramolecular Hbond substituents is 1. The number of aromatic hydroxyl groups is 1. The first-order valence-corrected chi connectivity index (χ1v) is 6.96. The Hall–Kier alpha value is -2.26. The lowest BCUT2D eigenvalue weighted by molar-refractivity contribution is 0.214. The molecular formula is C18H20O3. The summed E-state index contributed by atoms with van der Waals surface area (Å²) in [5.74, 6) is 0.537. The van der Waals surface area contributed by atoms with Gasteiger partial charge in [0.1, 0.15) is 0 Å². The Kier molecular flexibility index (Phi) is 5.41. The summed E-state index contributed by atoms with van der Waals surface area (Å²) in [5, 5.41) is 19.5. The van der Waals surface area contributed by atoms with Crippen LogP contribution in [-0.4, -0.2) is 23.4 Å². The third kappa shape index (κ3) is 4.65. The number of methoxy groups -OCH3 is 1. The van der Waals surface area contributed by atoms with E-state index in [1.54, 1.807) is 24.3 Å². The lowest BCUT2D eigenvalue weighted by Crippen LogP contribution is -2.03. The van der Waals surface area contributed by atoms with Crippen molar-refractivity contribution in [2.24, 2.45) is 0 Å². The van der Waals surface area contributed by atoms with Crippen LogP contribution in [0.1, 0.15) is 17.5 Å². The van der Waals surface area contributed by atoms with Gasteiger partial charge in [-0.05, 0) is 36.1 Å². The van der Waals surface area contributed by atoms with Gasteiger partial charge in [0.2, 0.25) is 0 Å². The summed E-state index contributed by atoms with van der Waals surface area (Å²) in [7, 11) is 1.51. The van der Waals surface area contributed by atoms with Gasteiger partial charge in [-0.15, -0.1) is 0 Å². The van der Waals surface area contributed by atoms with E-state index in [0.29, 0.717) is 12.2 Å². The van der Waals surface area contributed by atoms with Crippen LogP contribution in [0.3, 0.4) is 0 Å². The molecular weight excluding hydrogens is 264 g/mol. The summed E-state index contributed by atoms with van der Waals surface area (Å²) in [5.41, 5.74) is 2.10. The fourth-order valence-electron chi connectivity index (χ4n) is 2.08. The highest BCUT2D eigenvalue weighted by Crippen LogP contribution is 2.26. The van der Waals surface area contributed by atoms with Crippen molar-refractivity contribution < 1.29 is 14.9 Å². The van der Waals surface area contributed by atoms with Crippen molar-refractivity contribution in [3.05, 3.63) is 65.7 Å². The van der Waals surface area contributed by atoms with Crippen LogP contribution < -0.4 is 4.74 Å². The number of benzene rings is 2. The van der Waals surface area contributed by atoms with E-state index in [-0.39, 0.29) is 5.75 Å². The Balaban J connectivity index is 1.91. The van der Waals surface area contributed by atoms with Crippen LogP contribution in [0.2, 0.25) is 0 Å². The largest absolute Gasteiger partial charge is 0.504 e. The monoisotopic (exact) mass is 284 g/mol. The van der Waals surface area contributed by atoms with Crippen molar-refractivity contribution in [2.75, 3.05) is 7.11 Å². The van der Waals surface area contributed by atoms with E-state index in [0.717, 1.165) is 12.0 Å². The molecule has 1 unspecified atom stereocenters. The van der Waals surface area contributed by atoms with Gasteiger partial charge in [0, 0.05) is 0 Å². The maximum atomic E-state index is 9.99. The first-order chi connectivity index (χ1) is 10.2. The molecule has 3 nitrogen and oxygen atoms in total. The van der Waals surface area contributed by atoms with Gasteiger partial charge in [-0.25, -0.2) is 0 Å².